The van der Waals surface area contributed by atoms with Crippen molar-refractivity contribution in [2.24, 2.45) is 51.8 Å². The molecular formula is C29H48O2. The zero-order valence-corrected chi connectivity index (χ0v) is 21.2. The van der Waals surface area contributed by atoms with Gasteiger partial charge in [-0.3, -0.25) is 0 Å². The molecular weight excluding hydrogens is 380 g/mol. The normalized spacial score (nSPS) is 49.4. The monoisotopic (exact) mass is 428 g/mol. The Bertz CT molecular complexity index is 737. The first-order chi connectivity index (χ1) is 14.4. The first-order valence-electron chi connectivity index (χ1n) is 13.2. The van der Waals surface area contributed by atoms with E-state index >= 15 is 0 Å². The Labute approximate surface area is 191 Å². The van der Waals surface area contributed by atoms with E-state index in [9.17, 15) is 10.2 Å². The van der Waals surface area contributed by atoms with Crippen molar-refractivity contribution in [2.75, 3.05) is 0 Å². The fourth-order valence-corrected chi connectivity index (χ4v) is 8.56. The highest BCUT2D eigenvalue weighted by molar-refractivity contribution is 5.35. The molecule has 4 aliphatic rings. The van der Waals surface area contributed by atoms with E-state index in [0.29, 0.717) is 35.5 Å². The third kappa shape index (κ3) is 3.41. The molecule has 4 aliphatic carbocycles. The van der Waals surface area contributed by atoms with Crippen molar-refractivity contribution >= 4 is 0 Å². The lowest BCUT2D eigenvalue weighted by Gasteiger charge is -2.65. The van der Waals surface area contributed by atoms with Crippen LogP contribution in [0, 0.1) is 51.8 Å². The summed E-state index contributed by atoms with van der Waals surface area (Å²) in [7, 11) is 0. The highest BCUT2D eigenvalue weighted by atomic mass is 16.3. The molecule has 2 nitrogen and oxygen atoms in total. The Morgan fingerprint density at radius 2 is 1.71 bits per heavy atom. The molecule has 0 amide bonds. The van der Waals surface area contributed by atoms with Crippen molar-refractivity contribution < 1.29 is 10.2 Å². The summed E-state index contributed by atoms with van der Waals surface area (Å²) in [4.78, 5) is 0. The Kier molecular flexibility index (Phi) is 6.09. The van der Waals surface area contributed by atoms with Gasteiger partial charge in [0.25, 0.3) is 0 Å². The molecule has 0 aromatic heterocycles. The zero-order valence-electron chi connectivity index (χ0n) is 21.2. The minimum Gasteiger partial charge on any atom is -0.393 e. The number of hydrogen-bond acceptors (Lipinski definition) is 2. The van der Waals surface area contributed by atoms with Crippen molar-refractivity contribution in [1.29, 1.82) is 0 Å². The van der Waals surface area contributed by atoms with Crippen LogP contribution in [0.25, 0.3) is 0 Å². The van der Waals surface area contributed by atoms with Crippen LogP contribution in [0.2, 0.25) is 0 Å². The van der Waals surface area contributed by atoms with Gasteiger partial charge in [0.2, 0.25) is 0 Å². The average molecular weight is 429 g/mol. The Morgan fingerprint density at radius 3 is 2.39 bits per heavy atom. The van der Waals surface area contributed by atoms with Crippen LogP contribution in [-0.2, 0) is 0 Å². The van der Waals surface area contributed by atoms with E-state index in [1.165, 1.54) is 12.8 Å². The Morgan fingerprint density at radius 1 is 1.00 bits per heavy atom. The van der Waals surface area contributed by atoms with E-state index < -0.39 is 0 Å². The average Bonchev–Trinajstić information content (AvgIpc) is 3.04. The molecule has 0 heterocycles. The third-order valence-corrected chi connectivity index (χ3v) is 11.4. The summed E-state index contributed by atoms with van der Waals surface area (Å²) >= 11 is 0. The molecule has 0 spiro atoms. The lowest BCUT2D eigenvalue weighted by atomic mass is 9.40. The summed E-state index contributed by atoms with van der Waals surface area (Å²) < 4.78 is 0. The van der Waals surface area contributed by atoms with Crippen molar-refractivity contribution in [2.45, 2.75) is 106 Å². The van der Waals surface area contributed by atoms with Gasteiger partial charge in [0.1, 0.15) is 0 Å². The van der Waals surface area contributed by atoms with Crippen LogP contribution in [-0.4, -0.2) is 22.4 Å². The van der Waals surface area contributed by atoms with Crippen molar-refractivity contribution in [3.05, 3.63) is 23.8 Å². The number of aliphatic hydroxyl groups is 2. The van der Waals surface area contributed by atoms with E-state index in [0.717, 1.165) is 32.1 Å². The van der Waals surface area contributed by atoms with E-state index in [1.54, 1.807) is 5.57 Å². The molecule has 0 aromatic carbocycles. The summed E-state index contributed by atoms with van der Waals surface area (Å²) in [5.41, 5.74) is 1.74. The summed E-state index contributed by atoms with van der Waals surface area (Å²) in [5.74, 6) is 3.61. The van der Waals surface area contributed by atoms with Crippen molar-refractivity contribution in [3.63, 3.8) is 0 Å². The highest BCUT2D eigenvalue weighted by Gasteiger charge is 2.66. The molecule has 4 rings (SSSR count). The minimum atomic E-state index is -0.283. The molecule has 0 saturated heterocycles. The lowest BCUT2D eigenvalue weighted by Crippen LogP contribution is -2.61. The van der Waals surface area contributed by atoms with E-state index in [1.807, 2.05) is 0 Å². The summed E-state index contributed by atoms with van der Waals surface area (Å²) in [5, 5.41) is 22.1. The SMILES string of the molecule is CC(C)[C@@H](C)/C=C/[C@@H](C)[C@@H]1CC[C@@H]2C3=CC[C@H]4C[C@H](O)CC[C@]4(C)[C@@]3(C)[C@@H](O)C[C@]21C. The maximum Gasteiger partial charge on any atom is 0.0641 e. The highest BCUT2D eigenvalue weighted by Crippen LogP contribution is 2.71. The number of rotatable bonds is 4. The summed E-state index contributed by atoms with van der Waals surface area (Å²) in [6, 6.07) is 0. The van der Waals surface area contributed by atoms with Crippen molar-refractivity contribution in [3.8, 4) is 0 Å². The molecule has 0 radical (unpaired) electrons. The van der Waals surface area contributed by atoms with Gasteiger partial charge in [-0.2, -0.15) is 0 Å². The van der Waals surface area contributed by atoms with Gasteiger partial charge in [-0.25, -0.2) is 0 Å². The maximum absolute atomic E-state index is 11.8. The molecule has 31 heavy (non-hydrogen) atoms. The van der Waals surface area contributed by atoms with Gasteiger partial charge >= 0.3 is 0 Å². The van der Waals surface area contributed by atoms with Crippen molar-refractivity contribution in [1.82, 2.24) is 0 Å². The van der Waals surface area contributed by atoms with Gasteiger partial charge < -0.3 is 10.2 Å². The number of allylic oxidation sites excluding steroid dienone is 3. The summed E-state index contributed by atoms with van der Waals surface area (Å²) in [6.45, 7) is 16.7. The van der Waals surface area contributed by atoms with Crippen LogP contribution < -0.4 is 0 Å². The van der Waals surface area contributed by atoms with E-state index in [4.69, 9.17) is 0 Å². The molecule has 0 bridgehead atoms. The molecule has 0 aliphatic heterocycles. The second kappa shape index (κ2) is 8.01. The van der Waals surface area contributed by atoms with E-state index in [-0.39, 0.29) is 28.5 Å². The fraction of sp³-hybridized carbons (Fsp3) is 0.862. The van der Waals surface area contributed by atoms with Crippen LogP contribution in [0.1, 0.15) is 93.4 Å². The van der Waals surface area contributed by atoms with Crippen LogP contribution >= 0.6 is 0 Å². The number of aliphatic hydroxyl groups excluding tert-OH is 2. The summed E-state index contributed by atoms with van der Waals surface area (Å²) in [6.07, 6.45) is 14.4. The Balaban J connectivity index is 1.64. The second-order valence-corrected chi connectivity index (χ2v) is 12.9. The molecule has 10 atom stereocenters. The van der Waals surface area contributed by atoms with Gasteiger partial charge in [-0.1, -0.05) is 72.3 Å². The van der Waals surface area contributed by atoms with Gasteiger partial charge in [-0.15, -0.1) is 0 Å². The molecule has 2 N–H and O–H groups in total. The Hall–Kier alpha value is -0.600. The largest absolute Gasteiger partial charge is 0.393 e. The predicted octanol–water partition coefficient (Wildman–Crippen LogP) is 6.77. The standard InChI is InChI=1S/C29H48O2/c1-18(2)19(3)8-9-20(4)23-12-13-24-25-11-10-21-16-22(30)14-15-28(21,6)29(25,7)26(31)17-27(23,24)5/h8-9,11,18-24,26,30-31H,10,12-17H2,1-7H3/b9-8+/t19-,20+,21-,22+,23-,24+,26-,27-,28-,29+/m0/s1. The van der Waals surface area contributed by atoms with Gasteiger partial charge in [0.15, 0.2) is 0 Å². The number of fused-ring (bicyclic) bond motifs is 5. The van der Waals surface area contributed by atoms with Gasteiger partial charge in [-0.05, 0) is 91.3 Å². The molecule has 3 fully saturated rings. The first-order valence-corrected chi connectivity index (χ1v) is 13.2. The molecule has 2 heteroatoms. The number of hydrogen-bond donors (Lipinski definition) is 2. The minimum absolute atomic E-state index is 0.105. The third-order valence-electron chi connectivity index (χ3n) is 11.4. The maximum atomic E-state index is 11.8. The van der Waals surface area contributed by atoms with Crippen LogP contribution in [0.15, 0.2) is 23.8 Å². The lowest BCUT2D eigenvalue weighted by molar-refractivity contribution is -0.151. The molecule has 176 valence electrons. The molecule has 0 aromatic rings. The molecule has 3 saturated carbocycles. The first kappa shape index (κ1) is 23.6. The predicted molar refractivity (Wildman–Crippen MR) is 130 cm³/mol. The van der Waals surface area contributed by atoms with Crippen LogP contribution in [0.3, 0.4) is 0 Å². The molecule has 0 unspecified atom stereocenters. The fourth-order valence-electron chi connectivity index (χ4n) is 8.56. The van der Waals surface area contributed by atoms with Gasteiger partial charge in [0.05, 0.1) is 12.2 Å². The smallest absolute Gasteiger partial charge is 0.0641 e. The zero-order chi connectivity index (χ0) is 22.8. The quantitative estimate of drug-likeness (QED) is 0.485. The topological polar surface area (TPSA) is 40.5 Å². The van der Waals surface area contributed by atoms with Crippen LogP contribution in [0.5, 0.6) is 0 Å². The van der Waals surface area contributed by atoms with E-state index in [2.05, 4.69) is 66.7 Å². The second-order valence-electron chi connectivity index (χ2n) is 12.9. The van der Waals surface area contributed by atoms with Gasteiger partial charge in [0, 0.05) is 5.41 Å². The van der Waals surface area contributed by atoms with Crippen LogP contribution in [0.4, 0.5) is 0 Å².